The number of ether oxygens (including phenoxy) is 3. The van der Waals surface area contributed by atoms with Crippen LogP contribution in [-0.2, 0) is 21.8 Å². The Kier molecular flexibility index (Phi) is 10.4. The number of hydrogen-bond donors (Lipinski definition) is 1. The number of aryl methyl sites for hydroxylation is 1. The number of anilines is 1. The van der Waals surface area contributed by atoms with E-state index in [0.717, 1.165) is 36.1 Å². The number of carbonyl (C=O) groups excluding carboxylic acids is 2. The molecule has 0 radical (unpaired) electrons. The number of unbranched alkanes of at least 4 members (excludes halogenated alkanes) is 2. The van der Waals surface area contributed by atoms with Gasteiger partial charge >= 0.3 is 5.91 Å². The molecule has 0 aliphatic carbocycles. The lowest BCUT2D eigenvalue weighted by atomic mass is 9.94. The van der Waals surface area contributed by atoms with Crippen molar-refractivity contribution in [2.45, 2.75) is 75.6 Å². The summed E-state index contributed by atoms with van der Waals surface area (Å²) in [5.41, 5.74) is 4.22. The molecule has 3 aromatic carbocycles. The molecule has 9 nitrogen and oxygen atoms in total. The number of nitrogens with zero attached hydrogens (tertiary/aromatic N) is 3. The summed E-state index contributed by atoms with van der Waals surface area (Å²) in [6, 6.07) is 18.0. The molecule has 4 aromatic rings. The predicted octanol–water partition coefficient (Wildman–Crippen LogP) is 8.06. The number of Topliss-reactive ketones (excluding diaryl/α,β-unsaturated/α-hetero) is 1. The van der Waals surface area contributed by atoms with Crippen LogP contribution in [0.1, 0.15) is 73.9 Å². The van der Waals surface area contributed by atoms with Gasteiger partial charge in [-0.2, -0.15) is 0 Å². The first-order valence-electron chi connectivity index (χ1n) is 16.3. The SMILES string of the molecule is CCCCCOc1ccc(C2/C(=C(/O)c3ccc4c(c3)CC(C)O4)C(=O)C(=O)N2c2nnc(SCc3ccc(C)cc3)s2)cc1OCC. The van der Waals surface area contributed by atoms with Crippen LogP contribution in [-0.4, -0.2) is 46.3 Å². The van der Waals surface area contributed by atoms with E-state index in [1.165, 1.54) is 33.6 Å². The van der Waals surface area contributed by atoms with E-state index in [9.17, 15) is 14.7 Å². The molecule has 1 saturated heterocycles. The summed E-state index contributed by atoms with van der Waals surface area (Å²) in [7, 11) is 0. The number of ketones is 1. The standard InChI is InChI=1S/C37H39N3O6S2/c1-5-7-8-17-45-29-16-13-25(20-30(29)44-6-2)32-31(33(41)26-14-15-28-27(19-26)18-23(4)46-28)34(42)35(43)40(32)36-38-39-37(48-36)47-21-24-11-9-22(3)10-12-24/h9-16,19-20,23,32,41H,5-8,17-18,21H2,1-4H3/b33-31-. The molecular weight excluding hydrogens is 647 g/mol. The maximum atomic E-state index is 13.9. The van der Waals surface area contributed by atoms with Crippen molar-refractivity contribution in [3.63, 3.8) is 0 Å². The van der Waals surface area contributed by atoms with Crippen molar-refractivity contribution in [3.8, 4) is 17.2 Å². The zero-order chi connectivity index (χ0) is 33.8. The molecule has 1 N–H and O–H groups in total. The van der Waals surface area contributed by atoms with Gasteiger partial charge in [0.05, 0.1) is 24.8 Å². The number of hydrogen-bond acceptors (Lipinski definition) is 10. The smallest absolute Gasteiger partial charge is 0.301 e. The fraction of sp³-hybridized carbons (Fsp3) is 0.351. The van der Waals surface area contributed by atoms with Crippen LogP contribution in [0.2, 0.25) is 0 Å². The molecule has 1 fully saturated rings. The summed E-state index contributed by atoms with van der Waals surface area (Å²) in [5, 5.41) is 20.8. The van der Waals surface area contributed by atoms with Crippen molar-refractivity contribution < 1.29 is 28.9 Å². The van der Waals surface area contributed by atoms with Gasteiger partial charge in [-0.05, 0) is 74.2 Å². The highest BCUT2D eigenvalue weighted by Crippen LogP contribution is 2.46. The maximum Gasteiger partial charge on any atom is 0.301 e. The number of aromatic nitrogens is 2. The largest absolute Gasteiger partial charge is 0.507 e. The van der Waals surface area contributed by atoms with E-state index in [4.69, 9.17) is 14.2 Å². The monoisotopic (exact) mass is 685 g/mol. The van der Waals surface area contributed by atoms with Crippen LogP contribution in [0.4, 0.5) is 5.13 Å². The van der Waals surface area contributed by atoms with Crippen molar-refractivity contribution in [1.29, 1.82) is 0 Å². The van der Waals surface area contributed by atoms with Gasteiger partial charge < -0.3 is 19.3 Å². The van der Waals surface area contributed by atoms with Crippen molar-refractivity contribution >= 4 is 45.7 Å². The Morgan fingerprint density at radius 1 is 1.02 bits per heavy atom. The zero-order valence-corrected chi connectivity index (χ0v) is 29.2. The first-order valence-corrected chi connectivity index (χ1v) is 18.1. The Balaban J connectivity index is 1.39. The van der Waals surface area contributed by atoms with Crippen LogP contribution in [0.15, 0.2) is 70.6 Å². The van der Waals surface area contributed by atoms with Gasteiger partial charge in [0.2, 0.25) is 5.13 Å². The summed E-state index contributed by atoms with van der Waals surface area (Å²) < 4.78 is 18.5. The lowest BCUT2D eigenvalue weighted by molar-refractivity contribution is -0.132. The van der Waals surface area contributed by atoms with E-state index in [1.54, 1.807) is 30.3 Å². The van der Waals surface area contributed by atoms with E-state index in [1.807, 2.05) is 26.8 Å². The summed E-state index contributed by atoms with van der Waals surface area (Å²) in [6.45, 7) is 8.98. The Bertz CT molecular complexity index is 1840. The molecule has 2 atom stereocenters. The third-order valence-corrected chi connectivity index (χ3v) is 10.4. The van der Waals surface area contributed by atoms with Gasteiger partial charge in [-0.25, -0.2) is 0 Å². The zero-order valence-electron chi connectivity index (χ0n) is 27.5. The maximum absolute atomic E-state index is 13.9. The minimum atomic E-state index is -0.982. The highest BCUT2D eigenvalue weighted by atomic mass is 32.2. The van der Waals surface area contributed by atoms with Gasteiger partial charge in [0.1, 0.15) is 17.6 Å². The topological polar surface area (TPSA) is 111 Å². The number of amides is 1. The average molecular weight is 686 g/mol. The van der Waals surface area contributed by atoms with Crippen LogP contribution >= 0.6 is 23.1 Å². The highest BCUT2D eigenvalue weighted by molar-refractivity contribution is 8.00. The van der Waals surface area contributed by atoms with Crippen molar-refractivity contribution in [1.82, 2.24) is 10.2 Å². The quantitative estimate of drug-likeness (QED) is 0.0373. The number of rotatable bonds is 13. The molecule has 0 bridgehead atoms. The first-order chi connectivity index (χ1) is 23.3. The Morgan fingerprint density at radius 2 is 1.83 bits per heavy atom. The minimum Gasteiger partial charge on any atom is -0.507 e. The third kappa shape index (κ3) is 7.07. The highest BCUT2D eigenvalue weighted by Gasteiger charge is 2.48. The lowest BCUT2D eigenvalue weighted by Gasteiger charge is -2.23. The molecule has 1 aromatic heterocycles. The fourth-order valence-corrected chi connectivity index (χ4v) is 7.70. The number of aliphatic hydroxyl groups excluding tert-OH is 1. The molecule has 6 rings (SSSR count). The second-order valence-electron chi connectivity index (χ2n) is 11.9. The summed E-state index contributed by atoms with van der Waals surface area (Å²) in [6.07, 6.45) is 3.73. The number of fused-ring (bicyclic) bond motifs is 1. The molecule has 11 heteroatoms. The predicted molar refractivity (Wildman–Crippen MR) is 188 cm³/mol. The molecule has 2 aliphatic rings. The summed E-state index contributed by atoms with van der Waals surface area (Å²) >= 11 is 2.74. The molecule has 1 amide bonds. The van der Waals surface area contributed by atoms with Crippen LogP contribution in [0.5, 0.6) is 17.2 Å². The van der Waals surface area contributed by atoms with E-state index in [-0.39, 0.29) is 22.6 Å². The van der Waals surface area contributed by atoms with Gasteiger partial charge in [-0.3, -0.25) is 14.5 Å². The van der Waals surface area contributed by atoms with Crippen molar-refractivity contribution in [2.75, 3.05) is 18.1 Å². The molecule has 0 saturated carbocycles. The van der Waals surface area contributed by atoms with Gasteiger partial charge in [-0.1, -0.05) is 78.8 Å². The van der Waals surface area contributed by atoms with Crippen molar-refractivity contribution in [2.24, 2.45) is 0 Å². The summed E-state index contributed by atoms with van der Waals surface area (Å²) in [5.74, 6) is 0.638. The van der Waals surface area contributed by atoms with Crippen LogP contribution in [0.3, 0.4) is 0 Å². The normalized spacial score (nSPS) is 18.2. The fourth-order valence-electron chi connectivity index (χ4n) is 5.87. The third-order valence-electron chi connectivity index (χ3n) is 8.29. The second kappa shape index (κ2) is 14.8. The van der Waals surface area contributed by atoms with E-state index >= 15 is 0 Å². The van der Waals surface area contributed by atoms with Crippen molar-refractivity contribution in [3.05, 3.63) is 94.1 Å². The van der Waals surface area contributed by atoms with Crippen LogP contribution < -0.4 is 19.1 Å². The van der Waals surface area contributed by atoms with Crippen LogP contribution in [0.25, 0.3) is 5.76 Å². The van der Waals surface area contributed by atoms with E-state index in [0.29, 0.717) is 52.4 Å². The van der Waals surface area contributed by atoms with Gasteiger partial charge in [-0.15, -0.1) is 10.2 Å². The molecule has 250 valence electrons. The number of thioether (sulfide) groups is 1. The minimum absolute atomic E-state index is 0.0122. The Morgan fingerprint density at radius 3 is 2.60 bits per heavy atom. The van der Waals surface area contributed by atoms with E-state index in [2.05, 4.69) is 41.4 Å². The molecule has 0 spiro atoms. The molecule has 3 heterocycles. The Labute approximate surface area is 288 Å². The van der Waals surface area contributed by atoms with Gasteiger partial charge in [0, 0.05) is 17.7 Å². The molecule has 2 aliphatic heterocycles. The molecular formula is C37H39N3O6S2. The van der Waals surface area contributed by atoms with Crippen LogP contribution in [0, 0.1) is 6.92 Å². The molecule has 2 unspecified atom stereocenters. The molecule has 48 heavy (non-hydrogen) atoms. The number of aliphatic hydroxyl groups is 1. The lowest BCUT2D eigenvalue weighted by Crippen LogP contribution is -2.29. The van der Waals surface area contributed by atoms with E-state index < -0.39 is 17.7 Å². The first kappa shape index (κ1) is 33.5. The average Bonchev–Trinajstić information content (AvgIpc) is 3.77. The van der Waals surface area contributed by atoms with Gasteiger partial charge in [0.25, 0.3) is 5.78 Å². The summed E-state index contributed by atoms with van der Waals surface area (Å²) in [4.78, 5) is 29.1. The number of carbonyl (C=O) groups is 2. The Hall–Kier alpha value is -4.35. The number of benzene rings is 3. The second-order valence-corrected chi connectivity index (χ2v) is 14.1. The van der Waals surface area contributed by atoms with Gasteiger partial charge in [0.15, 0.2) is 15.8 Å².